The molecule has 0 aromatic heterocycles. The van der Waals surface area contributed by atoms with E-state index in [4.69, 9.17) is 0 Å². The number of nitrogens with one attached hydrogen (secondary N) is 3. The van der Waals surface area contributed by atoms with Crippen molar-refractivity contribution in [3.63, 3.8) is 0 Å². The summed E-state index contributed by atoms with van der Waals surface area (Å²) in [5.41, 5.74) is -0.526. The van der Waals surface area contributed by atoms with Crippen LogP contribution in [0.3, 0.4) is 0 Å². The number of likely N-dealkylation sites (tertiary alicyclic amines) is 1. The lowest BCUT2D eigenvalue weighted by molar-refractivity contribution is -0.133. The van der Waals surface area contributed by atoms with Crippen LogP contribution >= 0.6 is 24.0 Å². The van der Waals surface area contributed by atoms with Gasteiger partial charge in [0.15, 0.2) is 5.96 Å². The minimum Gasteiger partial charge on any atom is -0.359 e. The standard InChI is InChI=1S/C16H31N5O2.HI/c1-11(2)13(22)21-8-7-12(9-21)20-15(18-6)19-10-16(3,4)14(23)17-5;/h11-12H,7-10H2,1-6H3,(H,17,23)(H2,18,19,20);1H. The third-order valence-electron chi connectivity index (χ3n) is 4.10. The third-order valence-corrected chi connectivity index (χ3v) is 4.10. The van der Waals surface area contributed by atoms with Crippen molar-refractivity contribution in [2.75, 3.05) is 33.7 Å². The fourth-order valence-corrected chi connectivity index (χ4v) is 2.55. The summed E-state index contributed by atoms with van der Waals surface area (Å²) in [6.45, 7) is 9.55. The zero-order valence-electron chi connectivity index (χ0n) is 15.6. The van der Waals surface area contributed by atoms with E-state index in [0.717, 1.165) is 13.0 Å². The van der Waals surface area contributed by atoms with Gasteiger partial charge in [0.1, 0.15) is 0 Å². The van der Waals surface area contributed by atoms with Crippen LogP contribution in [-0.4, -0.2) is 62.4 Å². The molecule has 0 saturated carbocycles. The Kier molecular flexibility index (Phi) is 9.61. The first-order valence-electron chi connectivity index (χ1n) is 8.19. The van der Waals surface area contributed by atoms with E-state index in [9.17, 15) is 9.59 Å². The van der Waals surface area contributed by atoms with E-state index in [1.54, 1.807) is 14.1 Å². The van der Waals surface area contributed by atoms with Crippen LogP contribution < -0.4 is 16.0 Å². The first kappa shape index (κ1) is 22.9. The second-order valence-corrected chi connectivity index (χ2v) is 6.96. The van der Waals surface area contributed by atoms with Gasteiger partial charge in [-0.3, -0.25) is 14.6 Å². The maximum absolute atomic E-state index is 12.0. The molecule has 2 amide bonds. The second-order valence-electron chi connectivity index (χ2n) is 6.96. The summed E-state index contributed by atoms with van der Waals surface area (Å²) in [7, 11) is 3.34. The molecule has 1 rings (SSSR count). The lowest BCUT2D eigenvalue weighted by Crippen LogP contribution is -2.50. The topological polar surface area (TPSA) is 85.8 Å². The summed E-state index contributed by atoms with van der Waals surface area (Å²) < 4.78 is 0. The molecule has 140 valence electrons. The average molecular weight is 453 g/mol. The molecule has 7 nitrogen and oxygen atoms in total. The molecule has 1 heterocycles. The summed E-state index contributed by atoms with van der Waals surface area (Å²) in [4.78, 5) is 29.9. The van der Waals surface area contributed by atoms with Crippen LogP contribution in [0, 0.1) is 11.3 Å². The number of carbonyl (C=O) groups is 2. The molecule has 0 bridgehead atoms. The Morgan fingerprint density at radius 1 is 1.33 bits per heavy atom. The van der Waals surface area contributed by atoms with Gasteiger partial charge in [-0.2, -0.15) is 0 Å². The molecule has 3 N–H and O–H groups in total. The number of hydrogen-bond donors (Lipinski definition) is 3. The van der Waals surface area contributed by atoms with Crippen molar-refractivity contribution in [2.24, 2.45) is 16.3 Å². The minimum absolute atomic E-state index is 0. The number of hydrogen-bond acceptors (Lipinski definition) is 3. The number of amides is 2. The van der Waals surface area contributed by atoms with Gasteiger partial charge >= 0.3 is 0 Å². The SMILES string of the molecule is CN=C(NCC(C)(C)C(=O)NC)NC1CCN(C(=O)C(C)C)C1.I. The summed E-state index contributed by atoms with van der Waals surface area (Å²) in [5, 5.41) is 9.19. The van der Waals surface area contributed by atoms with E-state index in [1.807, 2.05) is 32.6 Å². The first-order chi connectivity index (χ1) is 10.7. The van der Waals surface area contributed by atoms with Gasteiger partial charge < -0.3 is 20.9 Å². The molecule has 0 aromatic rings. The van der Waals surface area contributed by atoms with Crippen molar-refractivity contribution < 1.29 is 9.59 Å². The summed E-state index contributed by atoms with van der Waals surface area (Å²) in [6.07, 6.45) is 0.901. The molecule has 1 atom stereocenters. The highest BCUT2D eigenvalue weighted by Gasteiger charge is 2.29. The van der Waals surface area contributed by atoms with Gasteiger partial charge in [0.25, 0.3) is 0 Å². The Balaban J connectivity index is 0.00000529. The van der Waals surface area contributed by atoms with Gasteiger partial charge in [-0.05, 0) is 20.3 Å². The van der Waals surface area contributed by atoms with E-state index in [1.165, 1.54) is 0 Å². The number of rotatable bonds is 5. The van der Waals surface area contributed by atoms with Gasteiger partial charge in [-0.15, -0.1) is 24.0 Å². The molecular formula is C16H32IN5O2. The van der Waals surface area contributed by atoms with Crippen LogP contribution in [0.5, 0.6) is 0 Å². The molecule has 1 aliphatic rings. The molecule has 1 fully saturated rings. The first-order valence-corrected chi connectivity index (χ1v) is 8.19. The summed E-state index contributed by atoms with van der Waals surface area (Å²) in [5.74, 6) is 0.860. The predicted molar refractivity (Wildman–Crippen MR) is 108 cm³/mol. The predicted octanol–water partition coefficient (Wildman–Crippen LogP) is 0.799. The van der Waals surface area contributed by atoms with Gasteiger partial charge in [-0.25, -0.2) is 0 Å². The van der Waals surface area contributed by atoms with Crippen LogP contribution in [0.25, 0.3) is 0 Å². The largest absolute Gasteiger partial charge is 0.359 e. The van der Waals surface area contributed by atoms with Gasteiger partial charge in [0.2, 0.25) is 11.8 Å². The van der Waals surface area contributed by atoms with Crippen molar-refractivity contribution >= 4 is 41.8 Å². The lowest BCUT2D eigenvalue weighted by Gasteiger charge is -2.25. The fraction of sp³-hybridized carbons (Fsp3) is 0.812. The van der Waals surface area contributed by atoms with Gasteiger partial charge in [0.05, 0.1) is 5.41 Å². The normalized spacial score (nSPS) is 18.2. The second kappa shape index (κ2) is 10.0. The quantitative estimate of drug-likeness (QED) is 0.327. The lowest BCUT2D eigenvalue weighted by atomic mass is 9.92. The van der Waals surface area contributed by atoms with Crippen molar-refractivity contribution in [2.45, 2.75) is 40.2 Å². The Bertz CT molecular complexity index is 465. The van der Waals surface area contributed by atoms with Crippen LogP contribution in [-0.2, 0) is 9.59 Å². The molecule has 1 unspecified atom stereocenters. The Hall–Kier alpha value is -1.06. The number of guanidine groups is 1. The van der Waals surface area contributed by atoms with Crippen molar-refractivity contribution in [3.05, 3.63) is 0 Å². The van der Waals surface area contributed by atoms with E-state index >= 15 is 0 Å². The number of nitrogens with zero attached hydrogens (tertiary/aromatic N) is 2. The van der Waals surface area contributed by atoms with Crippen LogP contribution in [0.1, 0.15) is 34.1 Å². The highest BCUT2D eigenvalue weighted by Crippen LogP contribution is 2.14. The van der Waals surface area contributed by atoms with E-state index in [0.29, 0.717) is 19.0 Å². The van der Waals surface area contributed by atoms with Crippen molar-refractivity contribution in [3.8, 4) is 0 Å². The van der Waals surface area contributed by atoms with E-state index in [-0.39, 0.29) is 47.8 Å². The smallest absolute Gasteiger partial charge is 0.227 e. The number of halogens is 1. The highest BCUT2D eigenvalue weighted by molar-refractivity contribution is 14.0. The Morgan fingerprint density at radius 2 is 1.96 bits per heavy atom. The van der Waals surface area contributed by atoms with Crippen LogP contribution in [0.4, 0.5) is 0 Å². The van der Waals surface area contributed by atoms with Gasteiger partial charge in [0, 0.05) is 45.7 Å². The van der Waals surface area contributed by atoms with Gasteiger partial charge in [-0.1, -0.05) is 13.8 Å². The molecule has 0 spiro atoms. The summed E-state index contributed by atoms with van der Waals surface area (Å²) in [6, 6.07) is 0.187. The zero-order chi connectivity index (χ0) is 17.6. The molecule has 24 heavy (non-hydrogen) atoms. The molecule has 1 saturated heterocycles. The van der Waals surface area contributed by atoms with E-state index < -0.39 is 5.41 Å². The average Bonchev–Trinajstić information content (AvgIpc) is 2.97. The van der Waals surface area contributed by atoms with Crippen molar-refractivity contribution in [1.29, 1.82) is 0 Å². The molecule has 0 radical (unpaired) electrons. The molecule has 1 aliphatic heterocycles. The maximum Gasteiger partial charge on any atom is 0.227 e. The zero-order valence-corrected chi connectivity index (χ0v) is 17.9. The van der Waals surface area contributed by atoms with E-state index in [2.05, 4.69) is 20.9 Å². The molecule has 8 heteroatoms. The van der Waals surface area contributed by atoms with Crippen LogP contribution in [0.2, 0.25) is 0 Å². The highest BCUT2D eigenvalue weighted by atomic mass is 127. The fourth-order valence-electron chi connectivity index (χ4n) is 2.55. The van der Waals surface area contributed by atoms with Crippen LogP contribution in [0.15, 0.2) is 4.99 Å². The Morgan fingerprint density at radius 3 is 2.46 bits per heavy atom. The Labute approximate surface area is 162 Å². The molecular weight excluding hydrogens is 421 g/mol. The molecule has 0 aromatic carbocycles. The summed E-state index contributed by atoms with van der Waals surface area (Å²) >= 11 is 0. The molecule has 0 aliphatic carbocycles. The monoisotopic (exact) mass is 453 g/mol. The maximum atomic E-state index is 12.0. The number of carbonyl (C=O) groups excluding carboxylic acids is 2. The third kappa shape index (κ3) is 6.45. The minimum atomic E-state index is -0.526. The van der Waals surface area contributed by atoms with Crippen molar-refractivity contribution in [1.82, 2.24) is 20.9 Å². The number of aliphatic imine (C=N–C) groups is 1.